The molecule has 1 aliphatic rings. The molecule has 9 nitrogen and oxygen atoms in total. The first-order valence-corrected chi connectivity index (χ1v) is 8.59. The van der Waals surface area contributed by atoms with Gasteiger partial charge in [0.15, 0.2) is 11.5 Å². The van der Waals surface area contributed by atoms with Crippen LogP contribution in [0.25, 0.3) is 11.0 Å². The standard InChI is InChI=1S/C17H20N6O3/c1-11(2)23-14-12(9-20-23)7-13(8-18-14)15(24)21-17(3-5-25-6-4-17)16-19-10-26-22-16/h7-11H,3-6H2,1-2H3,(H,21,24). The van der Waals surface area contributed by atoms with E-state index in [1.807, 2.05) is 18.5 Å². The van der Waals surface area contributed by atoms with Crippen LogP contribution in [0.2, 0.25) is 0 Å². The van der Waals surface area contributed by atoms with E-state index < -0.39 is 5.54 Å². The number of amides is 1. The summed E-state index contributed by atoms with van der Waals surface area (Å²) >= 11 is 0. The molecule has 1 amide bonds. The van der Waals surface area contributed by atoms with E-state index in [-0.39, 0.29) is 11.9 Å². The molecule has 4 heterocycles. The molecule has 1 N–H and O–H groups in total. The highest BCUT2D eigenvalue weighted by Gasteiger charge is 2.40. The van der Waals surface area contributed by atoms with Crippen molar-refractivity contribution in [3.8, 4) is 0 Å². The summed E-state index contributed by atoms with van der Waals surface area (Å²) in [4.78, 5) is 21.5. The summed E-state index contributed by atoms with van der Waals surface area (Å²) < 4.78 is 12.1. The fourth-order valence-electron chi connectivity index (χ4n) is 3.24. The van der Waals surface area contributed by atoms with E-state index in [0.29, 0.717) is 37.4 Å². The first-order chi connectivity index (χ1) is 12.6. The molecule has 1 saturated heterocycles. The number of nitrogens with zero attached hydrogens (tertiary/aromatic N) is 5. The summed E-state index contributed by atoms with van der Waals surface area (Å²) in [5.74, 6) is 0.235. The van der Waals surface area contributed by atoms with Gasteiger partial charge in [0.2, 0.25) is 6.39 Å². The minimum absolute atomic E-state index is 0.198. The maximum absolute atomic E-state index is 12.9. The average molecular weight is 356 g/mol. The lowest BCUT2D eigenvalue weighted by atomic mass is 9.88. The minimum atomic E-state index is -0.695. The molecule has 0 unspecified atom stereocenters. The van der Waals surface area contributed by atoms with Crippen LogP contribution >= 0.6 is 0 Å². The third-order valence-electron chi connectivity index (χ3n) is 4.67. The summed E-state index contributed by atoms with van der Waals surface area (Å²) in [6.45, 7) is 5.11. The zero-order chi connectivity index (χ0) is 18.1. The van der Waals surface area contributed by atoms with Crippen molar-refractivity contribution in [2.45, 2.75) is 38.3 Å². The van der Waals surface area contributed by atoms with Crippen molar-refractivity contribution < 1.29 is 14.1 Å². The van der Waals surface area contributed by atoms with Gasteiger partial charge >= 0.3 is 0 Å². The number of carbonyl (C=O) groups is 1. The SMILES string of the molecule is CC(C)n1ncc2cc(C(=O)NC3(c4ncon4)CCOCC3)cnc21. The first-order valence-electron chi connectivity index (χ1n) is 8.59. The van der Waals surface area contributed by atoms with Crippen LogP contribution in [-0.2, 0) is 10.3 Å². The molecule has 0 aromatic carbocycles. The number of pyridine rings is 1. The second-order valence-corrected chi connectivity index (χ2v) is 6.72. The van der Waals surface area contributed by atoms with Gasteiger partial charge in [-0.3, -0.25) is 4.79 Å². The lowest BCUT2D eigenvalue weighted by Gasteiger charge is -2.35. The molecule has 4 rings (SSSR count). The van der Waals surface area contributed by atoms with Crippen molar-refractivity contribution >= 4 is 16.9 Å². The predicted octanol–water partition coefficient (Wildman–Crippen LogP) is 1.83. The highest BCUT2D eigenvalue weighted by molar-refractivity contribution is 5.97. The Bertz CT molecular complexity index is 912. The smallest absolute Gasteiger partial charge is 0.253 e. The maximum Gasteiger partial charge on any atom is 0.253 e. The average Bonchev–Trinajstić information content (AvgIpc) is 3.32. The number of hydrogen-bond donors (Lipinski definition) is 1. The summed E-state index contributed by atoms with van der Waals surface area (Å²) in [5, 5.41) is 12.2. The molecular weight excluding hydrogens is 336 g/mol. The molecule has 0 bridgehead atoms. The minimum Gasteiger partial charge on any atom is -0.381 e. The number of aromatic nitrogens is 5. The molecule has 1 aliphatic heterocycles. The maximum atomic E-state index is 12.9. The van der Waals surface area contributed by atoms with Crippen LogP contribution in [0.3, 0.4) is 0 Å². The van der Waals surface area contributed by atoms with E-state index in [1.165, 1.54) is 6.39 Å². The van der Waals surface area contributed by atoms with Crippen LogP contribution < -0.4 is 5.32 Å². The molecule has 0 aliphatic carbocycles. The molecule has 0 saturated carbocycles. The normalized spacial score (nSPS) is 16.9. The zero-order valence-electron chi connectivity index (χ0n) is 14.7. The van der Waals surface area contributed by atoms with Crippen molar-refractivity contribution in [3.63, 3.8) is 0 Å². The van der Waals surface area contributed by atoms with Crippen LogP contribution in [-0.4, -0.2) is 44.0 Å². The fraction of sp³-hybridized carbons (Fsp3) is 0.471. The molecule has 0 radical (unpaired) electrons. The van der Waals surface area contributed by atoms with Gasteiger partial charge in [0.05, 0.1) is 11.8 Å². The van der Waals surface area contributed by atoms with E-state index in [2.05, 4.69) is 25.5 Å². The van der Waals surface area contributed by atoms with Gasteiger partial charge in [0.25, 0.3) is 5.91 Å². The monoisotopic (exact) mass is 356 g/mol. The molecule has 3 aromatic heterocycles. The van der Waals surface area contributed by atoms with Gasteiger partial charge in [-0.15, -0.1) is 0 Å². The van der Waals surface area contributed by atoms with Crippen molar-refractivity contribution in [2.24, 2.45) is 0 Å². The highest BCUT2D eigenvalue weighted by Crippen LogP contribution is 2.30. The van der Waals surface area contributed by atoms with Gasteiger partial charge < -0.3 is 14.6 Å². The number of nitrogens with one attached hydrogen (secondary N) is 1. The third-order valence-corrected chi connectivity index (χ3v) is 4.67. The Morgan fingerprint density at radius 2 is 2.08 bits per heavy atom. The largest absolute Gasteiger partial charge is 0.381 e. The van der Waals surface area contributed by atoms with Crippen LogP contribution in [0.1, 0.15) is 48.9 Å². The number of ether oxygens (including phenoxy) is 1. The van der Waals surface area contributed by atoms with Crippen LogP contribution in [0.4, 0.5) is 0 Å². The van der Waals surface area contributed by atoms with Gasteiger partial charge in [-0.2, -0.15) is 10.1 Å². The summed E-state index contributed by atoms with van der Waals surface area (Å²) in [6.07, 6.45) is 5.73. The van der Waals surface area contributed by atoms with Gasteiger partial charge in [-0.05, 0) is 19.9 Å². The number of fused-ring (bicyclic) bond motifs is 1. The second kappa shape index (κ2) is 6.49. The molecule has 0 spiro atoms. The Morgan fingerprint density at radius 1 is 1.27 bits per heavy atom. The quantitative estimate of drug-likeness (QED) is 0.759. The van der Waals surface area contributed by atoms with Crippen molar-refractivity contribution in [3.05, 3.63) is 36.2 Å². The molecular formula is C17H20N6O3. The highest BCUT2D eigenvalue weighted by atomic mass is 16.5. The van der Waals surface area contributed by atoms with E-state index in [4.69, 9.17) is 9.26 Å². The van der Waals surface area contributed by atoms with E-state index in [0.717, 1.165) is 11.0 Å². The number of hydrogen-bond acceptors (Lipinski definition) is 7. The van der Waals surface area contributed by atoms with Crippen molar-refractivity contribution in [2.75, 3.05) is 13.2 Å². The lowest BCUT2D eigenvalue weighted by Crippen LogP contribution is -2.50. The Hall–Kier alpha value is -2.81. The molecule has 1 fully saturated rings. The van der Waals surface area contributed by atoms with Gasteiger partial charge in [-0.1, -0.05) is 5.16 Å². The molecule has 9 heteroatoms. The Morgan fingerprint density at radius 3 is 2.77 bits per heavy atom. The fourth-order valence-corrected chi connectivity index (χ4v) is 3.24. The molecule has 0 atom stereocenters. The topological polar surface area (TPSA) is 108 Å². The Kier molecular flexibility index (Phi) is 4.15. The van der Waals surface area contributed by atoms with Gasteiger partial charge in [-0.25, -0.2) is 9.67 Å². The van der Waals surface area contributed by atoms with Crippen LogP contribution in [0, 0.1) is 0 Å². The van der Waals surface area contributed by atoms with Gasteiger partial charge in [0, 0.05) is 43.7 Å². The zero-order valence-corrected chi connectivity index (χ0v) is 14.7. The Labute approximate surface area is 149 Å². The van der Waals surface area contributed by atoms with Crippen LogP contribution in [0.15, 0.2) is 29.4 Å². The number of carbonyl (C=O) groups excluding carboxylic acids is 1. The summed E-state index contributed by atoms with van der Waals surface area (Å²) in [5.41, 5.74) is 0.532. The Balaban J connectivity index is 1.63. The lowest BCUT2D eigenvalue weighted by molar-refractivity contribution is 0.0306. The van der Waals surface area contributed by atoms with Crippen molar-refractivity contribution in [1.82, 2.24) is 30.2 Å². The number of rotatable bonds is 4. The molecule has 26 heavy (non-hydrogen) atoms. The summed E-state index contributed by atoms with van der Waals surface area (Å²) in [6, 6.07) is 2.00. The van der Waals surface area contributed by atoms with Gasteiger partial charge in [0.1, 0.15) is 5.54 Å². The van der Waals surface area contributed by atoms with E-state index in [1.54, 1.807) is 18.5 Å². The first kappa shape index (κ1) is 16.6. The van der Waals surface area contributed by atoms with E-state index in [9.17, 15) is 4.79 Å². The van der Waals surface area contributed by atoms with Crippen LogP contribution in [0.5, 0.6) is 0 Å². The third kappa shape index (κ3) is 2.84. The second-order valence-electron chi connectivity index (χ2n) is 6.72. The molecule has 136 valence electrons. The molecule has 3 aromatic rings. The van der Waals surface area contributed by atoms with E-state index >= 15 is 0 Å². The summed E-state index contributed by atoms with van der Waals surface area (Å²) in [7, 11) is 0. The van der Waals surface area contributed by atoms with Crippen molar-refractivity contribution in [1.29, 1.82) is 0 Å². The predicted molar refractivity (Wildman–Crippen MR) is 91.4 cm³/mol.